The van der Waals surface area contributed by atoms with Crippen LogP contribution >= 0.6 is 0 Å². The van der Waals surface area contributed by atoms with Gasteiger partial charge in [0, 0.05) is 12.1 Å². The zero-order valence-electron chi connectivity index (χ0n) is 10.3. The summed E-state index contributed by atoms with van der Waals surface area (Å²) in [6.07, 6.45) is 2.14. The van der Waals surface area contributed by atoms with Crippen molar-refractivity contribution < 1.29 is 15.0 Å². The Balaban J connectivity index is 2.47. The Morgan fingerprint density at radius 1 is 1.33 bits per heavy atom. The standard InChI is InChI=1S/C13H20N2O3/c14-8-4-3-6-11(13(17)18)15-9-10-5-1-2-7-12(10)16/h1-2,5,7,11,15-16H,3-4,6,8-9,14H2,(H,17,18)/t11-/m0/s1. The van der Waals surface area contributed by atoms with Crippen LogP contribution in [0.3, 0.4) is 0 Å². The molecule has 1 aromatic carbocycles. The second kappa shape index (κ2) is 7.68. The van der Waals surface area contributed by atoms with Crippen LogP contribution < -0.4 is 11.1 Å². The van der Waals surface area contributed by atoms with Crippen molar-refractivity contribution in [3.8, 4) is 5.75 Å². The number of aliphatic carboxylic acids is 1. The molecule has 0 spiro atoms. The molecule has 1 atom stereocenters. The van der Waals surface area contributed by atoms with Crippen molar-refractivity contribution in [2.45, 2.75) is 31.8 Å². The molecule has 0 saturated carbocycles. The minimum atomic E-state index is -0.873. The van der Waals surface area contributed by atoms with Gasteiger partial charge in [0.1, 0.15) is 11.8 Å². The maximum absolute atomic E-state index is 11.0. The minimum absolute atomic E-state index is 0.177. The SMILES string of the molecule is NCCCC[C@H](NCc1ccccc1O)C(=O)O. The number of rotatable bonds is 8. The molecule has 0 aromatic heterocycles. The molecule has 5 N–H and O–H groups in total. The summed E-state index contributed by atoms with van der Waals surface area (Å²) in [6, 6.07) is 6.29. The van der Waals surface area contributed by atoms with Gasteiger partial charge in [-0.05, 0) is 25.5 Å². The zero-order valence-corrected chi connectivity index (χ0v) is 10.3. The van der Waals surface area contributed by atoms with Crippen LogP contribution in [0.15, 0.2) is 24.3 Å². The first-order valence-electron chi connectivity index (χ1n) is 6.08. The molecule has 0 amide bonds. The first-order chi connectivity index (χ1) is 8.65. The molecule has 5 nitrogen and oxygen atoms in total. The highest BCUT2D eigenvalue weighted by atomic mass is 16.4. The zero-order chi connectivity index (χ0) is 13.4. The van der Waals surface area contributed by atoms with Crippen molar-refractivity contribution >= 4 is 5.97 Å². The molecule has 1 aromatic rings. The van der Waals surface area contributed by atoms with Gasteiger partial charge in [0.2, 0.25) is 0 Å². The summed E-state index contributed by atoms with van der Waals surface area (Å²) in [5.74, 6) is -0.696. The Hall–Kier alpha value is -1.59. The number of para-hydroxylation sites is 1. The van der Waals surface area contributed by atoms with E-state index in [0.717, 1.165) is 12.8 Å². The highest BCUT2D eigenvalue weighted by molar-refractivity contribution is 5.73. The normalized spacial score (nSPS) is 12.3. The van der Waals surface area contributed by atoms with Crippen LogP contribution in [-0.2, 0) is 11.3 Å². The van der Waals surface area contributed by atoms with E-state index in [0.29, 0.717) is 25.1 Å². The molecule has 0 saturated heterocycles. The van der Waals surface area contributed by atoms with Crippen LogP contribution in [0.1, 0.15) is 24.8 Å². The van der Waals surface area contributed by atoms with E-state index in [4.69, 9.17) is 10.8 Å². The fourth-order valence-corrected chi connectivity index (χ4v) is 1.70. The van der Waals surface area contributed by atoms with Crippen molar-refractivity contribution in [3.05, 3.63) is 29.8 Å². The monoisotopic (exact) mass is 252 g/mol. The summed E-state index contributed by atoms with van der Waals surface area (Å²) in [6.45, 7) is 0.915. The highest BCUT2D eigenvalue weighted by Gasteiger charge is 2.16. The van der Waals surface area contributed by atoms with Crippen molar-refractivity contribution in [2.24, 2.45) is 5.73 Å². The van der Waals surface area contributed by atoms with Gasteiger partial charge in [-0.15, -0.1) is 0 Å². The molecule has 0 radical (unpaired) electrons. The van der Waals surface area contributed by atoms with Gasteiger partial charge < -0.3 is 21.3 Å². The van der Waals surface area contributed by atoms with Gasteiger partial charge in [-0.25, -0.2) is 0 Å². The minimum Gasteiger partial charge on any atom is -0.508 e. The van der Waals surface area contributed by atoms with E-state index in [1.165, 1.54) is 0 Å². The molecule has 18 heavy (non-hydrogen) atoms. The molecule has 0 aliphatic carbocycles. The molecule has 0 bridgehead atoms. The lowest BCUT2D eigenvalue weighted by molar-refractivity contribution is -0.139. The number of hydrogen-bond acceptors (Lipinski definition) is 4. The van der Waals surface area contributed by atoms with Gasteiger partial charge in [-0.2, -0.15) is 0 Å². The van der Waals surface area contributed by atoms with E-state index in [9.17, 15) is 9.90 Å². The Morgan fingerprint density at radius 2 is 2.06 bits per heavy atom. The van der Waals surface area contributed by atoms with Crippen molar-refractivity contribution in [1.29, 1.82) is 0 Å². The van der Waals surface area contributed by atoms with Crippen LogP contribution in [0.25, 0.3) is 0 Å². The molecule has 0 unspecified atom stereocenters. The number of unbranched alkanes of at least 4 members (excludes halogenated alkanes) is 1. The number of benzene rings is 1. The van der Waals surface area contributed by atoms with Crippen molar-refractivity contribution in [2.75, 3.05) is 6.54 Å². The lowest BCUT2D eigenvalue weighted by Gasteiger charge is -2.14. The molecule has 0 aliphatic rings. The molecule has 5 heteroatoms. The number of carbonyl (C=O) groups is 1. The lowest BCUT2D eigenvalue weighted by atomic mass is 10.1. The van der Waals surface area contributed by atoms with E-state index in [1.54, 1.807) is 24.3 Å². The maximum atomic E-state index is 11.0. The number of phenols is 1. The van der Waals surface area contributed by atoms with Gasteiger partial charge in [0.25, 0.3) is 0 Å². The topological polar surface area (TPSA) is 95.6 Å². The highest BCUT2D eigenvalue weighted by Crippen LogP contribution is 2.15. The first kappa shape index (κ1) is 14.5. The number of phenolic OH excluding ortho intramolecular Hbond substituents is 1. The van der Waals surface area contributed by atoms with E-state index in [-0.39, 0.29) is 5.75 Å². The molecule has 0 fully saturated rings. The quantitative estimate of drug-likeness (QED) is 0.519. The summed E-state index contributed by atoms with van der Waals surface area (Å²) in [4.78, 5) is 11.0. The van der Waals surface area contributed by atoms with Gasteiger partial charge in [-0.3, -0.25) is 4.79 Å². The van der Waals surface area contributed by atoms with Gasteiger partial charge >= 0.3 is 5.97 Å². The second-order valence-electron chi connectivity index (χ2n) is 4.18. The predicted octanol–water partition coefficient (Wildman–Crippen LogP) is 1.06. The Morgan fingerprint density at radius 3 is 2.67 bits per heavy atom. The number of hydrogen-bond donors (Lipinski definition) is 4. The van der Waals surface area contributed by atoms with Gasteiger partial charge in [0.15, 0.2) is 0 Å². The molecular formula is C13H20N2O3. The molecular weight excluding hydrogens is 232 g/mol. The van der Waals surface area contributed by atoms with Crippen LogP contribution in [0.4, 0.5) is 0 Å². The van der Waals surface area contributed by atoms with E-state index in [2.05, 4.69) is 5.32 Å². The lowest BCUT2D eigenvalue weighted by Crippen LogP contribution is -2.36. The molecule has 100 valence electrons. The van der Waals surface area contributed by atoms with Crippen LogP contribution in [0, 0.1) is 0 Å². The third-order valence-electron chi connectivity index (χ3n) is 2.78. The van der Waals surface area contributed by atoms with E-state index < -0.39 is 12.0 Å². The van der Waals surface area contributed by atoms with E-state index >= 15 is 0 Å². The van der Waals surface area contributed by atoms with Crippen molar-refractivity contribution in [1.82, 2.24) is 5.32 Å². The second-order valence-corrected chi connectivity index (χ2v) is 4.18. The summed E-state index contributed by atoms with van der Waals surface area (Å²) >= 11 is 0. The fourth-order valence-electron chi connectivity index (χ4n) is 1.70. The number of nitrogens with one attached hydrogen (secondary N) is 1. The molecule has 1 rings (SSSR count). The summed E-state index contributed by atoms with van der Waals surface area (Å²) in [5.41, 5.74) is 6.07. The summed E-state index contributed by atoms with van der Waals surface area (Å²) in [5, 5.41) is 21.6. The number of aromatic hydroxyl groups is 1. The Kier molecular flexibility index (Phi) is 6.18. The average molecular weight is 252 g/mol. The fraction of sp³-hybridized carbons (Fsp3) is 0.462. The molecule has 0 heterocycles. The van der Waals surface area contributed by atoms with Crippen LogP contribution in [-0.4, -0.2) is 28.8 Å². The van der Waals surface area contributed by atoms with Gasteiger partial charge in [-0.1, -0.05) is 24.6 Å². The largest absolute Gasteiger partial charge is 0.508 e. The number of carboxylic acid groups (broad SMARTS) is 1. The smallest absolute Gasteiger partial charge is 0.320 e. The Labute approximate surface area is 107 Å². The summed E-state index contributed by atoms with van der Waals surface area (Å²) in [7, 11) is 0. The molecule has 0 aliphatic heterocycles. The Bertz CT molecular complexity index is 382. The third kappa shape index (κ3) is 4.73. The average Bonchev–Trinajstić information content (AvgIpc) is 2.35. The third-order valence-corrected chi connectivity index (χ3v) is 2.78. The van der Waals surface area contributed by atoms with E-state index in [1.807, 2.05) is 0 Å². The maximum Gasteiger partial charge on any atom is 0.320 e. The van der Waals surface area contributed by atoms with Gasteiger partial charge in [0.05, 0.1) is 0 Å². The number of carboxylic acids is 1. The van der Waals surface area contributed by atoms with Crippen LogP contribution in [0.5, 0.6) is 5.75 Å². The number of nitrogens with two attached hydrogens (primary N) is 1. The summed E-state index contributed by atoms with van der Waals surface area (Å²) < 4.78 is 0. The first-order valence-corrected chi connectivity index (χ1v) is 6.08. The van der Waals surface area contributed by atoms with Crippen LogP contribution in [0.2, 0.25) is 0 Å². The predicted molar refractivity (Wildman–Crippen MR) is 69.3 cm³/mol. The van der Waals surface area contributed by atoms with Crippen molar-refractivity contribution in [3.63, 3.8) is 0 Å².